The van der Waals surface area contributed by atoms with Crippen LogP contribution in [0.4, 0.5) is 14.5 Å². The molecule has 2 rings (SSSR count). The van der Waals surface area contributed by atoms with E-state index >= 15 is 0 Å². The molecule has 21 heavy (non-hydrogen) atoms. The molecule has 0 saturated heterocycles. The minimum absolute atomic E-state index is 0.136. The van der Waals surface area contributed by atoms with E-state index < -0.39 is 11.6 Å². The van der Waals surface area contributed by atoms with Crippen LogP contribution in [0.25, 0.3) is 0 Å². The van der Waals surface area contributed by atoms with Crippen molar-refractivity contribution in [2.45, 2.75) is 20.4 Å². The summed E-state index contributed by atoms with van der Waals surface area (Å²) < 4.78 is 27.8. The van der Waals surface area contributed by atoms with Crippen LogP contribution in [0.5, 0.6) is 0 Å². The highest BCUT2D eigenvalue weighted by atomic mass is 19.2. The Morgan fingerprint density at radius 3 is 2.57 bits per heavy atom. The van der Waals surface area contributed by atoms with Crippen LogP contribution >= 0.6 is 0 Å². The van der Waals surface area contributed by atoms with E-state index in [-0.39, 0.29) is 11.3 Å². The van der Waals surface area contributed by atoms with E-state index in [0.29, 0.717) is 13.1 Å². The Morgan fingerprint density at radius 1 is 1.19 bits per heavy atom. The normalized spacial score (nSPS) is 10.2. The van der Waals surface area contributed by atoms with Crippen molar-refractivity contribution in [2.24, 2.45) is 0 Å². The second-order valence-corrected chi connectivity index (χ2v) is 4.66. The molecule has 0 N–H and O–H groups in total. The minimum atomic E-state index is -1.11. The van der Waals surface area contributed by atoms with Gasteiger partial charge in [-0.05, 0) is 38.1 Å². The molecule has 3 nitrogen and oxygen atoms in total. The highest BCUT2D eigenvalue weighted by molar-refractivity contribution is 5.52. The predicted molar refractivity (Wildman–Crippen MR) is 76.8 cm³/mol. The van der Waals surface area contributed by atoms with Gasteiger partial charge in [0.15, 0.2) is 11.6 Å². The lowest BCUT2D eigenvalue weighted by molar-refractivity contribution is 0.503. The van der Waals surface area contributed by atoms with Gasteiger partial charge in [-0.25, -0.2) is 8.78 Å². The summed E-state index contributed by atoms with van der Waals surface area (Å²) >= 11 is 0. The van der Waals surface area contributed by atoms with Gasteiger partial charge in [0.1, 0.15) is 6.07 Å². The Kier molecular flexibility index (Phi) is 4.49. The van der Waals surface area contributed by atoms with Crippen LogP contribution in [0.1, 0.15) is 23.9 Å². The number of benzene rings is 1. The zero-order valence-corrected chi connectivity index (χ0v) is 11.9. The number of rotatable bonds is 4. The van der Waals surface area contributed by atoms with Crippen LogP contribution in [-0.2, 0) is 6.54 Å². The number of nitrogens with zero attached hydrogens (tertiary/aromatic N) is 3. The van der Waals surface area contributed by atoms with E-state index in [2.05, 4.69) is 4.98 Å². The SMILES string of the molecule is CCN(Cc1cccc(C)n1)c1ccc(C#N)c(F)c1F. The van der Waals surface area contributed by atoms with Crippen molar-refractivity contribution in [1.82, 2.24) is 4.98 Å². The summed E-state index contributed by atoms with van der Waals surface area (Å²) in [5.74, 6) is -2.10. The van der Waals surface area contributed by atoms with Crippen molar-refractivity contribution < 1.29 is 8.78 Å². The molecule has 1 heterocycles. The van der Waals surface area contributed by atoms with Gasteiger partial charge in [-0.1, -0.05) is 6.07 Å². The van der Waals surface area contributed by atoms with E-state index in [1.807, 2.05) is 32.0 Å². The molecule has 0 aliphatic heterocycles. The molecule has 2 aromatic rings. The fourth-order valence-electron chi connectivity index (χ4n) is 2.12. The number of halogens is 2. The monoisotopic (exact) mass is 287 g/mol. The Hall–Kier alpha value is -2.48. The van der Waals surface area contributed by atoms with Crippen molar-refractivity contribution in [3.05, 3.63) is 58.9 Å². The van der Waals surface area contributed by atoms with Crippen LogP contribution in [-0.4, -0.2) is 11.5 Å². The Balaban J connectivity index is 2.34. The van der Waals surface area contributed by atoms with E-state index in [0.717, 1.165) is 11.4 Å². The molecular weight excluding hydrogens is 272 g/mol. The molecule has 0 aliphatic carbocycles. The fraction of sp³-hybridized carbons (Fsp3) is 0.250. The Labute approximate surface area is 122 Å². The van der Waals surface area contributed by atoms with Crippen LogP contribution < -0.4 is 4.90 Å². The molecular formula is C16H15F2N3. The van der Waals surface area contributed by atoms with E-state index in [1.165, 1.54) is 12.1 Å². The van der Waals surface area contributed by atoms with Gasteiger partial charge in [0.2, 0.25) is 0 Å². The van der Waals surface area contributed by atoms with Gasteiger partial charge in [-0.3, -0.25) is 4.98 Å². The molecule has 0 aliphatic rings. The quantitative estimate of drug-likeness (QED) is 0.863. The lowest BCUT2D eigenvalue weighted by atomic mass is 10.1. The molecule has 0 spiro atoms. The number of aromatic nitrogens is 1. The number of pyridine rings is 1. The number of hydrogen-bond acceptors (Lipinski definition) is 3. The minimum Gasteiger partial charge on any atom is -0.363 e. The van der Waals surface area contributed by atoms with Crippen molar-refractivity contribution in [3.63, 3.8) is 0 Å². The van der Waals surface area contributed by atoms with Gasteiger partial charge in [0.25, 0.3) is 0 Å². The second-order valence-electron chi connectivity index (χ2n) is 4.66. The van der Waals surface area contributed by atoms with Gasteiger partial charge in [-0.15, -0.1) is 0 Å². The summed E-state index contributed by atoms with van der Waals surface area (Å²) in [4.78, 5) is 6.04. The first kappa shape index (κ1) is 14.9. The molecule has 0 saturated carbocycles. The first-order valence-corrected chi connectivity index (χ1v) is 6.62. The summed E-state index contributed by atoms with van der Waals surface area (Å²) in [6, 6.07) is 9.94. The number of aryl methyl sites for hydroxylation is 1. The maximum absolute atomic E-state index is 14.1. The van der Waals surface area contributed by atoms with Crippen molar-refractivity contribution in [2.75, 3.05) is 11.4 Å². The first-order chi connectivity index (χ1) is 10.1. The zero-order valence-electron chi connectivity index (χ0n) is 11.9. The molecule has 0 fully saturated rings. The smallest absolute Gasteiger partial charge is 0.183 e. The maximum atomic E-state index is 14.1. The van der Waals surface area contributed by atoms with Crippen molar-refractivity contribution in [1.29, 1.82) is 5.26 Å². The molecule has 0 radical (unpaired) electrons. The van der Waals surface area contributed by atoms with Gasteiger partial charge in [0.05, 0.1) is 23.5 Å². The summed E-state index contributed by atoms with van der Waals surface area (Å²) in [6.07, 6.45) is 0. The number of nitriles is 1. The molecule has 0 unspecified atom stereocenters. The van der Waals surface area contributed by atoms with Crippen LogP contribution in [0, 0.1) is 29.9 Å². The van der Waals surface area contributed by atoms with Crippen LogP contribution in [0.2, 0.25) is 0 Å². The summed E-state index contributed by atoms with van der Waals surface area (Å²) in [5, 5.41) is 8.72. The number of hydrogen-bond donors (Lipinski definition) is 0. The van der Waals surface area contributed by atoms with E-state index in [9.17, 15) is 8.78 Å². The summed E-state index contributed by atoms with van der Waals surface area (Å²) in [5.41, 5.74) is 1.49. The lowest BCUT2D eigenvalue weighted by Crippen LogP contribution is -2.24. The van der Waals surface area contributed by atoms with Crippen LogP contribution in [0.15, 0.2) is 30.3 Å². The van der Waals surface area contributed by atoms with E-state index in [1.54, 1.807) is 11.0 Å². The summed E-state index contributed by atoms with van der Waals surface area (Å²) in [7, 11) is 0. The topological polar surface area (TPSA) is 39.9 Å². The van der Waals surface area contributed by atoms with Gasteiger partial charge in [0, 0.05) is 12.2 Å². The average molecular weight is 287 g/mol. The molecule has 0 amide bonds. The average Bonchev–Trinajstić information content (AvgIpc) is 2.48. The number of anilines is 1. The molecule has 1 aromatic carbocycles. The van der Waals surface area contributed by atoms with Gasteiger partial charge in [-0.2, -0.15) is 5.26 Å². The first-order valence-electron chi connectivity index (χ1n) is 6.62. The highest BCUT2D eigenvalue weighted by Crippen LogP contribution is 2.25. The third kappa shape index (κ3) is 3.16. The summed E-state index contributed by atoms with van der Waals surface area (Å²) in [6.45, 7) is 4.60. The van der Waals surface area contributed by atoms with Crippen LogP contribution in [0.3, 0.4) is 0 Å². The standard InChI is InChI=1S/C16H15F2N3/c1-3-21(10-13-6-4-5-11(2)20-13)14-8-7-12(9-19)15(17)16(14)18/h4-8H,3,10H2,1-2H3. The second kappa shape index (κ2) is 6.31. The van der Waals surface area contributed by atoms with E-state index in [4.69, 9.17) is 5.26 Å². The Bertz CT molecular complexity index is 692. The highest BCUT2D eigenvalue weighted by Gasteiger charge is 2.17. The van der Waals surface area contributed by atoms with Gasteiger partial charge >= 0.3 is 0 Å². The Morgan fingerprint density at radius 2 is 1.95 bits per heavy atom. The predicted octanol–water partition coefficient (Wildman–Crippen LogP) is 3.57. The third-order valence-electron chi connectivity index (χ3n) is 3.20. The van der Waals surface area contributed by atoms with Gasteiger partial charge < -0.3 is 4.90 Å². The molecule has 5 heteroatoms. The molecule has 1 aromatic heterocycles. The maximum Gasteiger partial charge on any atom is 0.183 e. The zero-order chi connectivity index (χ0) is 15.4. The third-order valence-corrected chi connectivity index (χ3v) is 3.20. The van der Waals surface area contributed by atoms with Crippen molar-refractivity contribution >= 4 is 5.69 Å². The van der Waals surface area contributed by atoms with Crippen molar-refractivity contribution in [3.8, 4) is 6.07 Å². The lowest BCUT2D eigenvalue weighted by Gasteiger charge is -2.23. The molecule has 0 bridgehead atoms. The molecule has 0 atom stereocenters. The fourth-order valence-corrected chi connectivity index (χ4v) is 2.12. The largest absolute Gasteiger partial charge is 0.363 e. The molecule has 108 valence electrons.